The fraction of sp³-hybridized carbons (Fsp3) is 0.348. The molecule has 2 aromatic rings. The molecule has 0 spiro atoms. The lowest BCUT2D eigenvalue weighted by molar-refractivity contribution is -0.125. The highest BCUT2D eigenvalue weighted by molar-refractivity contribution is 7.89. The number of nitrogens with one attached hydrogen (secondary N) is 2. The summed E-state index contributed by atoms with van der Waals surface area (Å²) in [6.07, 6.45) is 2.71. The molecule has 32 heavy (non-hydrogen) atoms. The van der Waals surface area contributed by atoms with Gasteiger partial charge in [0.2, 0.25) is 15.9 Å². The quantitative estimate of drug-likeness (QED) is 0.462. The van der Waals surface area contributed by atoms with Gasteiger partial charge in [-0.3, -0.25) is 4.79 Å². The zero-order chi connectivity index (χ0) is 23.0. The Balaban J connectivity index is 1.53. The standard InChI is InChI=1S/C23H28N2O6S/c1-30-18-7-10-20(11-8-18)32(28,29)25-21-12-9-19(31-22(21)16-26)15-23(27)24-14-13-17-5-3-2-4-6-17/h2-12,19,21-22,25-26H,13-16H2,1H3,(H,24,27)/t19-,21+,22-/m1/s1. The van der Waals surface area contributed by atoms with Crippen molar-refractivity contribution in [2.75, 3.05) is 20.3 Å². The van der Waals surface area contributed by atoms with Gasteiger partial charge < -0.3 is 19.9 Å². The highest BCUT2D eigenvalue weighted by Gasteiger charge is 2.31. The fourth-order valence-corrected chi connectivity index (χ4v) is 4.58. The molecule has 3 rings (SSSR count). The molecule has 0 saturated carbocycles. The number of rotatable bonds is 10. The second kappa shape index (κ2) is 11.2. The second-order valence-corrected chi connectivity index (χ2v) is 9.11. The van der Waals surface area contributed by atoms with E-state index < -0.39 is 34.9 Å². The summed E-state index contributed by atoms with van der Waals surface area (Å²) >= 11 is 0. The van der Waals surface area contributed by atoms with Crippen molar-refractivity contribution in [3.8, 4) is 5.75 Å². The van der Waals surface area contributed by atoms with Crippen LogP contribution in [0.15, 0.2) is 71.6 Å². The Morgan fingerprint density at radius 1 is 1.09 bits per heavy atom. The average Bonchev–Trinajstić information content (AvgIpc) is 2.80. The number of aliphatic hydroxyl groups excluding tert-OH is 1. The lowest BCUT2D eigenvalue weighted by atomic mass is 10.1. The minimum Gasteiger partial charge on any atom is -0.497 e. The van der Waals surface area contributed by atoms with Crippen LogP contribution in [0.3, 0.4) is 0 Å². The predicted molar refractivity (Wildman–Crippen MR) is 120 cm³/mol. The van der Waals surface area contributed by atoms with Crippen LogP contribution >= 0.6 is 0 Å². The van der Waals surface area contributed by atoms with Crippen LogP contribution in [0.1, 0.15) is 12.0 Å². The number of hydrogen-bond donors (Lipinski definition) is 3. The third-order valence-electron chi connectivity index (χ3n) is 5.09. The third kappa shape index (κ3) is 6.64. The van der Waals surface area contributed by atoms with Gasteiger partial charge in [-0.15, -0.1) is 0 Å². The molecule has 8 nitrogen and oxygen atoms in total. The van der Waals surface area contributed by atoms with Crippen LogP contribution in [-0.2, 0) is 26.0 Å². The van der Waals surface area contributed by atoms with E-state index in [1.165, 1.54) is 19.2 Å². The zero-order valence-corrected chi connectivity index (χ0v) is 18.6. The molecule has 0 fully saturated rings. The molecule has 1 aliphatic rings. The van der Waals surface area contributed by atoms with Crippen LogP contribution in [0.5, 0.6) is 5.75 Å². The molecule has 0 bridgehead atoms. The second-order valence-electron chi connectivity index (χ2n) is 7.39. The van der Waals surface area contributed by atoms with Gasteiger partial charge in [-0.05, 0) is 36.2 Å². The Morgan fingerprint density at radius 2 is 1.81 bits per heavy atom. The molecule has 0 unspecified atom stereocenters. The van der Waals surface area contributed by atoms with Crippen LogP contribution < -0.4 is 14.8 Å². The maximum absolute atomic E-state index is 12.7. The normalized spacial score (nSPS) is 20.6. The molecular formula is C23H28N2O6S. The molecule has 1 aliphatic heterocycles. The van der Waals surface area contributed by atoms with E-state index in [4.69, 9.17) is 9.47 Å². The van der Waals surface area contributed by atoms with E-state index >= 15 is 0 Å². The summed E-state index contributed by atoms with van der Waals surface area (Å²) in [5.74, 6) is 0.368. The molecule has 172 valence electrons. The molecule has 0 aromatic heterocycles. The number of hydrogen-bond acceptors (Lipinski definition) is 6. The lowest BCUT2D eigenvalue weighted by Crippen LogP contribution is -2.49. The molecule has 3 atom stereocenters. The van der Waals surface area contributed by atoms with Crippen LogP contribution in [-0.4, -0.2) is 57.9 Å². The minimum atomic E-state index is -3.83. The molecule has 1 amide bonds. The number of aliphatic hydroxyl groups is 1. The van der Waals surface area contributed by atoms with E-state index in [2.05, 4.69) is 10.0 Å². The van der Waals surface area contributed by atoms with Gasteiger partial charge in [0.25, 0.3) is 0 Å². The smallest absolute Gasteiger partial charge is 0.241 e. The Kier molecular flexibility index (Phi) is 8.40. The molecule has 9 heteroatoms. The molecule has 1 heterocycles. The van der Waals surface area contributed by atoms with Gasteiger partial charge in [0.1, 0.15) is 11.9 Å². The topological polar surface area (TPSA) is 114 Å². The van der Waals surface area contributed by atoms with Gasteiger partial charge in [0.15, 0.2) is 0 Å². The first kappa shape index (κ1) is 23.9. The summed E-state index contributed by atoms with van der Waals surface area (Å²) in [7, 11) is -2.34. The van der Waals surface area contributed by atoms with Crippen molar-refractivity contribution in [2.24, 2.45) is 0 Å². The first-order chi connectivity index (χ1) is 15.4. The van der Waals surface area contributed by atoms with Crippen molar-refractivity contribution in [2.45, 2.75) is 36.0 Å². The molecule has 0 radical (unpaired) electrons. The van der Waals surface area contributed by atoms with E-state index in [9.17, 15) is 18.3 Å². The van der Waals surface area contributed by atoms with Crippen molar-refractivity contribution in [1.29, 1.82) is 0 Å². The van der Waals surface area contributed by atoms with Crippen molar-refractivity contribution < 1.29 is 27.8 Å². The Morgan fingerprint density at radius 3 is 2.47 bits per heavy atom. The fourth-order valence-electron chi connectivity index (χ4n) is 3.36. The number of carbonyl (C=O) groups is 1. The van der Waals surface area contributed by atoms with Gasteiger partial charge in [0.05, 0.1) is 37.2 Å². The summed E-state index contributed by atoms with van der Waals surface area (Å²) in [5, 5.41) is 12.6. The van der Waals surface area contributed by atoms with Gasteiger partial charge in [-0.25, -0.2) is 13.1 Å². The lowest BCUT2D eigenvalue weighted by Gasteiger charge is -2.31. The van der Waals surface area contributed by atoms with Gasteiger partial charge in [-0.1, -0.05) is 42.5 Å². The van der Waals surface area contributed by atoms with E-state index in [-0.39, 0.29) is 17.2 Å². The first-order valence-corrected chi connectivity index (χ1v) is 11.8. The summed E-state index contributed by atoms with van der Waals surface area (Å²) in [6, 6.07) is 15.1. The minimum absolute atomic E-state index is 0.0725. The summed E-state index contributed by atoms with van der Waals surface area (Å²) in [5.41, 5.74) is 1.13. The number of amides is 1. The van der Waals surface area contributed by atoms with Crippen LogP contribution in [0.4, 0.5) is 0 Å². The molecule has 3 N–H and O–H groups in total. The summed E-state index contributed by atoms with van der Waals surface area (Å²) < 4.78 is 38.7. The highest BCUT2D eigenvalue weighted by Crippen LogP contribution is 2.20. The molecule has 0 aliphatic carbocycles. The van der Waals surface area contributed by atoms with Crippen molar-refractivity contribution >= 4 is 15.9 Å². The maximum atomic E-state index is 12.7. The predicted octanol–water partition coefficient (Wildman–Crippen LogP) is 1.41. The SMILES string of the molecule is COc1ccc(S(=O)(=O)N[C@H]2C=C[C@H](CC(=O)NCCc3ccccc3)O[C@@H]2CO)cc1. The van der Waals surface area contributed by atoms with Crippen molar-refractivity contribution in [3.05, 3.63) is 72.3 Å². The van der Waals surface area contributed by atoms with Gasteiger partial charge in [0, 0.05) is 6.54 Å². The monoisotopic (exact) mass is 460 g/mol. The number of ether oxygens (including phenoxy) is 2. The number of methoxy groups -OCH3 is 1. The average molecular weight is 461 g/mol. The van der Waals surface area contributed by atoms with Gasteiger partial charge in [-0.2, -0.15) is 0 Å². The first-order valence-electron chi connectivity index (χ1n) is 10.3. The molecule has 0 saturated heterocycles. The maximum Gasteiger partial charge on any atom is 0.241 e. The van der Waals surface area contributed by atoms with Crippen LogP contribution in [0.2, 0.25) is 0 Å². The number of carbonyl (C=O) groups excluding carboxylic acids is 1. The zero-order valence-electron chi connectivity index (χ0n) is 17.8. The van der Waals surface area contributed by atoms with Crippen molar-refractivity contribution in [1.82, 2.24) is 10.0 Å². The van der Waals surface area contributed by atoms with E-state index in [1.807, 2.05) is 30.3 Å². The van der Waals surface area contributed by atoms with E-state index in [1.54, 1.807) is 24.3 Å². The third-order valence-corrected chi connectivity index (χ3v) is 6.56. The molecule has 2 aromatic carbocycles. The highest BCUT2D eigenvalue weighted by atomic mass is 32.2. The van der Waals surface area contributed by atoms with Crippen LogP contribution in [0, 0.1) is 0 Å². The Labute approximate surface area is 188 Å². The van der Waals surface area contributed by atoms with Crippen molar-refractivity contribution in [3.63, 3.8) is 0 Å². The summed E-state index contributed by atoms with van der Waals surface area (Å²) in [4.78, 5) is 12.3. The van der Waals surface area contributed by atoms with Gasteiger partial charge >= 0.3 is 0 Å². The van der Waals surface area contributed by atoms with E-state index in [0.29, 0.717) is 12.3 Å². The Bertz CT molecular complexity index is 1010. The largest absolute Gasteiger partial charge is 0.497 e. The number of sulfonamides is 1. The van der Waals surface area contributed by atoms with Crippen LogP contribution in [0.25, 0.3) is 0 Å². The summed E-state index contributed by atoms with van der Waals surface area (Å²) in [6.45, 7) is 0.110. The number of benzene rings is 2. The Hall–Kier alpha value is -2.72. The van der Waals surface area contributed by atoms with E-state index in [0.717, 1.165) is 12.0 Å². The molecular weight excluding hydrogens is 432 g/mol.